The van der Waals surface area contributed by atoms with E-state index < -0.39 is 11.0 Å². The molecule has 0 unspecified atom stereocenters. The minimum atomic E-state index is -0.661. The average molecular weight is 367 g/mol. The molecule has 0 fully saturated rings. The van der Waals surface area contributed by atoms with Crippen LogP contribution >= 0.6 is 0 Å². The number of aromatic nitrogens is 3. The number of aryl methyl sites for hydroxylation is 2. The Bertz CT molecular complexity index is 1040. The molecule has 0 aliphatic rings. The van der Waals surface area contributed by atoms with Crippen molar-refractivity contribution in [3.8, 4) is 0 Å². The van der Waals surface area contributed by atoms with Gasteiger partial charge in [0.25, 0.3) is 0 Å². The van der Waals surface area contributed by atoms with E-state index >= 15 is 0 Å². The third-order valence-electron chi connectivity index (χ3n) is 4.60. The summed E-state index contributed by atoms with van der Waals surface area (Å²) in [5, 5.41) is 19.2. The largest absolute Gasteiger partial charge is 0.350 e. The number of benzene rings is 1. The predicted molar refractivity (Wildman–Crippen MR) is 101 cm³/mol. The third-order valence-corrected chi connectivity index (χ3v) is 4.60. The molecule has 2 aromatic heterocycles. The molecule has 0 saturated heterocycles. The fourth-order valence-corrected chi connectivity index (χ4v) is 3.28. The van der Waals surface area contributed by atoms with Crippen LogP contribution in [0.15, 0.2) is 30.3 Å². The third kappa shape index (κ3) is 3.51. The van der Waals surface area contributed by atoms with Gasteiger partial charge in [0.1, 0.15) is 17.4 Å². The van der Waals surface area contributed by atoms with Crippen molar-refractivity contribution in [2.75, 3.05) is 0 Å². The van der Waals surface area contributed by atoms with Crippen LogP contribution in [0.5, 0.6) is 0 Å². The summed E-state index contributed by atoms with van der Waals surface area (Å²) < 4.78 is 1.40. The maximum atomic E-state index is 12.6. The molecular weight excluding hydrogens is 346 g/mol. The van der Waals surface area contributed by atoms with Gasteiger partial charge in [0.2, 0.25) is 5.91 Å². The number of hydrogen-bond donors (Lipinski definition) is 1. The average Bonchev–Trinajstić information content (AvgIpc) is 2.92. The van der Waals surface area contributed by atoms with Gasteiger partial charge in [-0.15, -0.1) is 0 Å². The Morgan fingerprint density at radius 3 is 2.67 bits per heavy atom. The highest BCUT2D eigenvalue weighted by atomic mass is 16.6. The summed E-state index contributed by atoms with van der Waals surface area (Å²) in [6.45, 7) is 7.10. The van der Waals surface area contributed by atoms with E-state index in [9.17, 15) is 14.9 Å². The van der Waals surface area contributed by atoms with Gasteiger partial charge in [0.05, 0.1) is 10.4 Å². The molecule has 3 rings (SSSR count). The number of hydrogen-bond acceptors (Lipinski definition) is 5. The molecule has 0 spiro atoms. The van der Waals surface area contributed by atoms with Gasteiger partial charge >= 0.3 is 5.69 Å². The number of carbonyl (C=O) groups excluding carboxylic acids is 1. The van der Waals surface area contributed by atoms with Crippen molar-refractivity contribution in [1.29, 1.82) is 0 Å². The smallest absolute Gasteiger partial charge is 0.312 e. The number of amides is 1. The molecule has 3 aromatic rings. The molecule has 0 aliphatic heterocycles. The Morgan fingerprint density at radius 2 is 2.00 bits per heavy atom. The quantitative estimate of drug-likeness (QED) is 0.551. The van der Waals surface area contributed by atoms with Gasteiger partial charge in [0, 0.05) is 17.6 Å². The van der Waals surface area contributed by atoms with Gasteiger partial charge in [-0.2, -0.15) is 5.10 Å². The Labute approximate surface area is 156 Å². The van der Waals surface area contributed by atoms with Gasteiger partial charge in [-0.25, -0.2) is 0 Å². The number of rotatable bonds is 5. The Kier molecular flexibility index (Phi) is 4.89. The summed E-state index contributed by atoms with van der Waals surface area (Å²) in [4.78, 5) is 27.8. The number of carbonyl (C=O) groups is 1. The Hall–Kier alpha value is -3.29. The SMILES string of the molecule is Cc1cc(CNC(=O)[C@@H](C)n2nc(C)c([N+](=O)[O-])c2C)c2ccccc2n1. The first-order chi connectivity index (χ1) is 12.8. The molecule has 1 amide bonds. The summed E-state index contributed by atoms with van der Waals surface area (Å²) >= 11 is 0. The van der Waals surface area contributed by atoms with Crippen molar-refractivity contribution < 1.29 is 9.72 Å². The van der Waals surface area contributed by atoms with Crippen molar-refractivity contribution in [1.82, 2.24) is 20.1 Å². The summed E-state index contributed by atoms with van der Waals surface area (Å²) in [5.74, 6) is -0.256. The number of pyridine rings is 1. The van der Waals surface area contributed by atoms with Crippen LogP contribution in [0.3, 0.4) is 0 Å². The lowest BCUT2D eigenvalue weighted by Crippen LogP contribution is -2.31. The van der Waals surface area contributed by atoms with E-state index in [0.29, 0.717) is 17.9 Å². The zero-order chi connectivity index (χ0) is 19.7. The Balaban J connectivity index is 1.81. The zero-order valence-corrected chi connectivity index (χ0v) is 15.7. The van der Waals surface area contributed by atoms with E-state index in [-0.39, 0.29) is 11.6 Å². The number of nitrogens with one attached hydrogen (secondary N) is 1. The van der Waals surface area contributed by atoms with Crippen molar-refractivity contribution in [2.45, 2.75) is 40.3 Å². The molecular formula is C19H21N5O3. The molecule has 0 bridgehead atoms. The minimum absolute atomic E-state index is 0.0506. The van der Waals surface area contributed by atoms with Crippen LogP contribution in [0.4, 0.5) is 5.69 Å². The van der Waals surface area contributed by atoms with Gasteiger partial charge in [0.15, 0.2) is 0 Å². The number of nitrogens with zero attached hydrogens (tertiary/aromatic N) is 4. The van der Waals surface area contributed by atoms with Crippen LogP contribution in [-0.2, 0) is 11.3 Å². The van der Waals surface area contributed by atoms with Crippen molar-refractivity contribution >= 4 is 22.5 Å². The second kappa shape index (κ2) is 7.14. The van der Waals surface area contributed by atoms with Gasteiger partial charge < -0.3 is 5.32 Å². The minimum Gasteiger partial charge on any atom is -0.350 e. The molecule has 1 aromatic carbocycles. The lowest BCUT2D eigenvalue weighted by Gasteiger charge is -2.15. The van der Waals surface area contributed by atoms with Crippen molar-refractivity contribution in [2.24, 2.45) is 0 Å². The number of fused-ring (bicyclic) bond motifs is 1. The number of para-hydroxylation sites is 1. The first kappa shape index (κ1) is 18.5. The molecule has 0 saturated carbocycles. The molecule has 140 valence electrons. The predicted octanol–water partition coefficient (Wildman–Crippen LogP) is 3.14. The van der Waals surface area contributed by atoms with E-state index in [4.69, 9.17) is 0 Å². The summed E-state index contributed by atoms with van der Waals surface area (Å²) in [7, 11) is 0. The van der Waals surface area contributed by atoms with E-state index in [1.807, 2.05) is 37.3 Å². The van der Waals surface area contributed by atoms with Crippen LogP contribution in [0.1, 0.15) is 35.6 Å². The monoisotopic (exact) mass is 367 g/mol. The highest BCUT2D eigenvalue weighted by Gasteiger charge is 2.27. The second-order valence-electron chi connectivity index (χ2n) is 6.55. The van der Waals surface area contributed by atoms with Gasteiger partial charge in [-0.05, 0) is 45.4 Å². The van der Waals surface area contributed by atoms with Crippen LogP contribution in [0.2, 0.25) is 0 Å². The Morgan fingerprint density at radius 1 is 1.30 bits per heavy atom. The molecule has 2 heterocycles. The van der Waals surface area contributed by atoms with Gasteiger partial charge in [-0.1, -0.05) is 18.2 Å². The van der Waals surface area contributed by atoms with Crippen LogP contribution in [-0.4, -0.2) is 25.6 Å². The molecule has 8 heteroatoms. The topological polar surface area (TPSA) is 103 Å². The van der Waals surface area contributed by atoms with Crippen LogP contribution in [0.25, 0.3) is 10.9 Å². The van der Waals surface area contributed by atoms with E-state index in [1.54, 1.807) is 20.8 Å². The van der Waals surface area contributed by atoms with E-state index in [0.717, 1.165) is 22.2 Å². The maximum Gasteiger partial charge on any atom is 0.312 e. The van der Waals surface area contributed by atoms with Gasteiger partial charge in [-0.3, -0.25) is 24.6 Å². The number of nitro groups is 1. The van der Waals surface area contributed by atoms with E-state index in [1.165, 1.54) is 4.68 Å². The summed E-state index contributed by atoms with van der Waals surface area (Å²) in [5.41, 5.74) is 3.34. The van der Waals surface area contributed by atoms with Crippen LogP contribution < -0.4 is 5.32 Å². The first-order valence-corrected chi connectivity index (χ1v) is 8.62. The van der Waals surface area contributed by atoms with Crippen LogP contribution in [0, 0.1) is 30.9 Å². The maximum absolute atomic E-state index is 12.6. The highest BCUT2D eigenvalue weighted by molar-refractivity contribution is 5.84. The van der Waals surface area contributed by atoms with Crippen molar-refractivity contribution in [3.05, 3.63) is 63.1 Å². The normalized spacial score (nSPS) is 12.1. The molecule has 1 atom stereocenters. The zero-order valence-electron chi connectivity index (χ0n) is 15.7. The van der Waals surface area contributed by atoms with E-state index in [2.05, 4.69) is 15.4 Å². The lowest BCUT2D eigenvalue weighted by molar-refractivity contribution is -0.386. The summed E-state index contributed by atoms with van der Waals surface area (Å²) in [6, 6.07) is 9.05. The molecule has 8 nitrogen and oxygen atoms in total. The molecule has 0 radical (unpaired) electrons. The summed E-state index contributed by atoms with van der Waals surface area (Å²) in [6.07, 6.45) is 0. The highest BCUT2D eigenvalue weighted by Crippen LogP contribution is 2.25. The lowest BCUT2D eigenvalue weighted by atomic mass is 10.1. The standard InChI is InChI=1S/C19H21N5O3/c1-11-9-15(16-7-5-6-8-17(16)21-11)10-20-19(25)14(4)23-13(3)18(24(26)27)12(2)22-23/h5-9,14H,10H2,1-4H3,(H,20,25)/t14-/m1/s1. The molecule has 0 aliphatic carbocycles. The second-order valence-corrected chi connectivity index (χ2v) is 6.55. The molecule has 27 heavy (non-hydrogen) atoms. The fraction of sp³-hybridized carbons (Fsp3) is 0.316. The fourth-order valence-electron chi connectivity index (χ4n) is 3.28. The van der Waals surface area contributed by atoms with Crippen molar-refractivity contribution in [3.63, 3.8) is 0 Å². The first-order valence-electron chi connectivity index (χ1n) is 8.62. The molecule has 1 N–H and O–H groups in total.